The molecule has 1 aliphatic heterocycles. The normalized spacial score (nSPS) is 14.0. The Balaban J connectivity index is 0.00000160. The van der Waals surface area contributed by atoms with Crippen LogP contribution in [-0.4, -0.2) is 37.8 Å². The van der Waals surface area contributed by atoms with E-state index in [2.05, 4.69) is 54.3 Å². The fraction of sp³-hybridized carbons (Fsp3) is 0.400. The predicted octanol–water partition coefficient (Wildman–Crippen LogP) is 3.32. The Morgan fingerprint density at radius 3 is 2.57 bits per heavy atom. The molecule has 2 N–H and O–H groups in total. The van der Waals surface area contributed by atoms with Gasteiger partial charge in [0.2, 0.25) is 0 Å². The van der Waals surface area contributed by atoms with E-state index in [1.807, 2.05) is 6.07 Å². The Bertz CT molecular complexity index is 988. The highest BCUT2D eigenvalue weighted by molar-refractivity contribution is 7.98. The molecule has 1 aliphatic rings. The molecule has 0 spiro atoms. The molecule has 3 aromatic rings. The van der Waals surface area contributed by atoms with Crippen LogP contribution in [-0.2, 0) is 12.3 Å². The minimum atomic E-state index is -0.121. The van der Waals surface area contributed by atoms with Gasteiger partial charge in [-0.3, -0.25) is 4.79 Å². The number of aryl methyl sites for hydroxylation is 1. The van der Waals surface area contributed by atoms with Crippen molar-refractivity contribution in [1.29, 1.82) is 0 Å². The number of nitrogens with one attached hydrogen (secondary N) is 2. The lowest BCUT2D eigenvalue weighted by molar-refractivity contribution is 0.430. The first-order valence-electron chi connectivity index (χ1n) is 9.56. The number of nitrogens with zero attached hydrogens (tertiary/aromatic N) is 4. The van der Waals surface area contributed by atoms with Crippen LogP contribution < -0.4 is 10.9 Å². The van der Waals surface area contributed by atoms with Crippen LogP contribution in [0.15, 0.2) is 46.3 Å². The van der Waals surface area contributed by atoms with E-state index in [1.54, 1.807) is 24.8 Å². The molecule has 0 amide bonds. The largest absolute Gasteiger partial charge is 0.317 e. The van der Waals surface area contributed by atoms with Gasteiger partial charge in [-0.2, -0.15) is 0 Å². The SMILES string of the molecule is Cc1nc(CSc2nnc(C3CCNCC3)n2Cc2ccccc2)cc(=O)[nH]1.Cl.Cl. The summed E-state index contributed by atoms with van der Waals surface area (Å²) in [7, 11) is 0. The van der Waals surface area contributed by atoms with E-state index in [9.17, 15) is 4.79 Å². The van der Waals surface area contributed by atoms with E-state index in [0.717, 1.165) is 49.2 Å². The summed E-state index contributed by atoms with van der Waals surface area (Å²) >= 11 is 1.58. The number of aromatic amines is 1. The summed E-state index contributed by atoms with van der Waals surface area (Å²) in [6, 6.07) is 11.9. The van der Waals surface area contributed by atoms with E-state index >= 15 is 0 Å². The van der Waals surface area contributed by atoms with E-state index in [1.165, 1.54) is 5.56 Å². The molecule has 0 bridgehead atoms. The smallest absolute Gasteiger partial charge is 0.251 e. The molecule has 0 aliphatic carbocycles. The van der Waals surface area contributed by atoms with Gasteiger partial charge < -0.3 is 14.9 Å². The number of piperidine rings is 1. The van der Waals surface area contributed by atoms with Crippen molar-refractivity contribution in [2.75, 3.05) is 13.1 Å². The van der Waals surface area contributed by atoms with Crippen LogP contribution in [0.1, 0.15) is 41.7 Å². The highest BCUT2D eigenvalue weighted by Gasteiger charge is 2.23. The standard InChI is InChI=1S/C20H24N6OS.2ClH/c1-14-22-17(11-18(27)23-14)13-28-20-25-24-19(16-7-9-21-10-8-16)26(20)12-15-5-3-2-4-6-15;;/h2-6,11,16,21H,7-10,12-13H2,1H3,(H,22,23,27);2*1H. The molecule has 3 heterocycles. The Labute approximate surface area is 192 Å². The highest BCUT2D eigenvalue weighted by Crippen LogP contribution is 2.29. The van der Waals surface area contributed by atoms with Crippen molar-refractivity contribution >= 4 is 36.6 Å². The number of rotatable bonds is 6. The number of H-pyrrole nitrogens is 1. The number of halogens is 2. The summed E-state index contributed by atoms with van der Waals surface area (Å²) in [5.41, 5.74) is 1.86. The van der Waals surface area contributed by atoms with Crippen LogP contribution in [0.3, 0.4) is 0 Å². The molecule has 7 nitrogen and oxygen atoms in total. The van der Waals surface area contributed by atoms with Crippen molar-refractivity contribution < 1.29 is 0 Å². The summed E-state index contributed by atoms with van der Waals surface area (Å²) in [5, 5.41) is 13.3. The lowest BCUT2D eigenvalue weighted by atomic mass is 9.97. The quantitative estimate of drug-likeness (QED) is 0.539. The van der Waals surface area contributed by atoms with Crippen molar-refractivity contribution in [1.82, 2.24) is 30.0 Å². The van der Waals surface area contributed by atoms with Crippen molar-refractivity contribution in [2.45, 2.75) is 43.1 Å². The molecule has 0 unspecified atom stereocenters. The van der Waals surface area contributed by atoms with Crippen LogP contribution in [0.2, 0.25) is 0 Å². The third kappa shape index (κ3) is 6.07. The van der Waals surface area contributed by atoms with Crippen molar-refractivity contribution in [3.05, 3.63) is 69.7 Å². The maximum absolute atomic E-state index is 11.7. The fourth-order valence-electron chi connectivity index (χ4n) is 3.56. The molecule has 4 rings (SSSR count). The summed E-state index contributed by atoms with van der Waals surface area (Å²) in [6.07, 6.45) is 2.15. The molecule has 2 aromatic heterocycles. The summed E-state index contributed by atoms with van der Waals surface area (Å²) < 4.78 is 2.23. The topological polar surface area (TPSA) is 88.5 Å². The molecule has 162 valence electrons. The molecule has 0 atom stereocenters. The lowest BCUT2D eigenvalue weighted by Gasteiger charge is -2.23. The van der Waals surface area contributed by atoms with Crippen LogP contribution in [0.5, 0.6) is 0 Å². The fourth-order valence-corrected chi connectivity index (χ4v) is 4.39. The Morgan fingerprint density at radius 1 is 1.13 bits per heavy atom. The number of thioether (sulfide) groups is 1. The molecule has 10 heteroatoms. The number of hydrogen-bond acceptors (Lipinski definition) is 6. The van der Waals surface area contributed by atoms with E-state index < -0.39 is 0 Å². The zero-order valence-electron chi connectivity index (χ0n) is 16.7. The maximum atomic E-state index is 11.7. The van der Waals surface area contributed by atoms with Crippen LogP contribution in [0.25, 0.3) is 0 Å². The van der Waals surface area contributed by atoms with Gasteiger partial charge in [0, 0.05) is 17.7 Å². The average Bonchev–Trinajstić information content (AvgIpc) is 3.09. The van der Waals surface area contributed by atoms with Gasteiger partial charge in [-0.05, 0) is 38.4 Å². The highest BCUT2D eigenvalue weighted by atomic mass is 35.5. The molecular weight excluding hydrogens is 443 g/mol. The minimum absolute atomic E-state index is 0. The van der Waals surface area contributed by atoms with Crippen molar-refractivity contribution in [2.24, 2.45) is 0 Å². The van der Waals surface area contributed by atoms with Crippen LogP contribution in [0, 0.1) is 6.92 Å². The monoisotopic (exact) mass is 468 g/mol. The predicted molar refractivity (Wildman–Crippen MR) is 124 cm³/mol. The van der Waals surface area contributed by atoms with Crippen molar-refractivity contribution in [3.63, 3.8) is 0 Å². The molecule has 1 fully saturated rings. The first-order chi connectivity index (χ1) is 13.7. The van der Waals surface area contributed by atoms with Gasteiger partial charge in [-0.25, -0.2) is 4.98 Å². The molecular formula is C20H26Cl2N6OS. The first-order valence-corrected chi connectivity index (χ1v) is 10.5. The van der Waals surface area contributed by atoms with Crippen LogP contribution in [0.4, 0.5) is 0 Å². The Morgan fingerprint density at radius 2 is 1.87 bits per heavy atom. The number of aromatic nitrogens is 5. The van der Waals surface area contributed by atoms with Gasteiger partial charge in [0.1, 0.15) is 11.6 Å². The van der Waals surface area contributed by atoms with Gasteiger partial charge >= 0.3 is 0 Å². The van der Waals surface area contributed by atoms with Crippen LogP contribution >= 0.6 is 36.6 Å². The lowest BCUT2D eigenvalue weighted by Crippen LogP contribution is -2.28. The first kappa shape index (κ1) is 24.4. The maximum Gasteiger partial charge on any atom is 0.251 e. The van der Waals surface area contributed by atoms with Gasteiger partial charge in [-0.1, -0.05) is 42.1 Å². The number of benzene rings is 1. The zero-order chi connectivity index (χ0) is 19.3. The third-order valence-electron chi connectivity index (χ3n) is 4.90. The second kappa shape index (κ2) is 11.5. The number of hydrogen-bond donors (Lipinski definition) is 2. The van der Waals surface area contributed by atoms with Crippen molar-refractivity contribution in [3.8, 4) is 0 Å². The molecule has 1 saturated heterocycles. The van der Waals surface area contributed by atoms with E-state index in [-0.39, 0.29) is 30.4 Å². The second-order valence-electron chi connectivity index (χ2n) is 7.05. The minimum Gasteiger partial charge on any atom is -0.317 e. The Hall–Kier alpha value is -1.87. The zero-order valence-corrected chi connectivity index (χ0v) is 19.2. The summed E-state index contributed by atoms with van der Waals surface area (Å²) in [5.74, 6) is 2.70. The summed E-state index contributed by atoms with van der Waals surface area (Å²) in [6.45, 7) is 4.57. The molecule has 0 saturated carbocycles. The van der Waals surface area contributed by atoms with Gasteiger partial charge in [-0.15, -0.1) is 35.0 Å². The van der Waals surface area contributed by atoms with E-state index in [4.69, 9.17) is 0 Å². The van der Waals surface area contributed by atoms with Gasteiger partial charge in [0.05, 0.1) is 12.2 Å². The average molecular weight is 469 g/mol. The third-order valence-corrected chi connectivity index (χ3v) is 5.90. The summed E-state index contributed by atoms with van der Waals surface area (Å²) in [4.78, 5) is 18.8. The van der Waals surface area contributed by atoms with E-state index in [0.29, 0.717) is 17.5 Å². The Kier molecular flexibility index (Phi) is 9.36. The molecule has 0 radical (unpaired) electrons. The second-order valence-corrected chi connectivity index (χ2v) is 7.99. The molecule has 1 aromatic carbocycles. The van der Waals surface area contributed by atoms with Gasteiger partial charge in [0.25, 0.3) is 5.56 Å². The van der Waals surface area contributed by atoms with Gasteiger partial charge in [0.15, 0.2) is 5.16 Å². The molecule has 30 heavy (non-hydrogen) atoms.